The molecule has 0 unspecified atom stereocenters. The molecule has 0 aromatic heterocycles. The lowest BCUT2D eigenvalue weighted by Gasteiger charge is -2.41. The summed E-state index contributed by atoms with van der Waals surface area (Å²) in [6.07, 6.45) is -3.04. The van der Waals surface area contributed by atoms with Crippen LogP contribution in [-0.2, 0) is 30.4 Å². The zero-order valence-electron chi connectivity index (χ0n) is 19.4. The number of benzene rings is 2. The van der Waals surface area contributed by atoms with E-state index in [1.54, 1.807) is 6.07 Å². The Morgan fingerprint density at radius 1 is 0.969 bits per heavy atom. The third-order valence-electron chi connectivity index (χ3n) is 5.78. The van der Waals surface area contributed by atoms with Crippen molar-refractivity contribution < 1.29 is 18.0 Å². The smallest absolute Gasteiger partial charge is 0.345 e. The number of alkyl halides is 3. The van der Waals surface area contributed by atoms with E-state index < -0.39 is 11.7 Å². The maximum Gasteiger partial charge on any atom is 0.416 e. The third-order valence-corrected chi connectivity index (χ3v) is 5.78. The van der Waals surface area contributed by atoms with Gasteiger partial charge in [0.25, 0.3) is 0 Å². The fourth-order valence-corrected chi connectivity index (χ4v) is 4.22. The van der Waals surface area contributed by atoms with Crippen molar-refractivity contribution in [2.24, 2.45) is 11.3 Å². The first-order valence-electron chi connectivity index (χ1n) is 11.1. The molecule has 2 aromatic rings. The topological polar surface area (TPSA) is 23.6 Å². The normalized spacial score (nSPS) is 15.5. The molecule has 0 radical (unpaired) electrons. The minimum atomic E-state index is -4.31. The SMILES string of the molecule is CN(CC(C)(C)C)C(=O)C1CN(Cc2ccc(CCc3cccc(C(F)(F)F)c3)cc2)C1. The molecule has 174 valence electrons. The van der Waals surface area contributed by atoms with Gasteiger partial charge in [0, 0.05) is 33.2 Å². The quantitative estimate of drug-likeness (QED) is 0.567. The van der Waals surface area contributed by atoms with Gasteiger partial charge in [-0.3, -0.25) is 9.69 Å². The summed E-state index contributed by atoms with van der Waals surface area (Å²) in [5.41, 5.74) is 2.47. The highest BCUT2D eigenvalue weighted by Gasteiger charge is 2.35. The fourth-order valence-electron chi connectivity index (χ4n) is 4.22. The number of likely N-dealkylation sites (tertiary alicyclic amines) is 1. The predicted octanol–water partition coefficient (Wildman–Crippen LogP) is 5.43. The van der Waals surface area contributed by atoms with Gasteiger partial charge in [-0.2, -0.15) is 13.2 Å². The molecule has 0 saturated carbocycles. The first-order valence-corrected chi connectivity index (χ1v) is 11.1. The molecule has 0 aliphatic carbocycles. The fraction of sp³-hybridized carbons (Fsp3) is 0.500. The Labute approximate surface area is 189 Å². The van der Waals surface area contributed by atoms with Crippen LogP contribution in [0.15, 0.2) is 48.5 Å². The largest absolute Gasteiger partial charge is 0.416 e. The van der Waals surface area contributed by atoms with Gasteiger partial charge >= 0.3 is 6.18 Å². The Balaban J connectivity index is 1.45. The van der Waals surface area contributed by atoms with Crippen molar-refractivity contribution in [3.63, 3.8) is 0 Å². The standard InChI is InChI=1S/C26H33F3N2O/c1-25(2,3)18-30(4)24(32)22-16-31(17-22)15-21-12-9-19(10-13-21)8-11-20-6-5-7-23(14-20)26(27,28)29/h5-7,9-10,12-14,22H,8,11,15-18H2,1-4H3. The molecule has 1 aliphatic heterocycles. The number of halogens is 3. The molecule has 6 heteroatoms. The van der Waals surface area contributed by atoms with Crippen molar-refractivity contribution >= 4 is 5.91 Å². The van der Waals surface area contributed by atoms with Gasteiger partial charge in [-0.25, -0.2) is 0 Å². The van der Waals surface area contributed by atoms with Crippen LogP contribution >= 0.6 is 0 Å². The minimum Gasteiger partial charge on any atom is -0.345 e. The van der Waals surface area contributed by atoms with E-state index >= 15 is 0 Å². The summed E-state index contributed by atoms with van der Waals surface area (Å²) in [4.78, 5) is 16.7. The summed E-state index contributed by atoms with van der Waals surface area (Å²) in [6.45, 7) is 9.52. The Hall–Kier alpha value is -2.34. The zero-order chi connectivity index (χ0) is 23.5. The van der Waals surface area contributed by atoms with Gasteiger partial charge in [-0.05, 0) is 41.0 Å². The van der Waals surface area contributed by atoms with Gasteiger partial charge in [0.05, 0.1) is 11.5 Å². The number of hydrogen-bond donors (Lipinski definition) is 0. The van der Waals surface area contributed by atoms with Crippen LogP contribution in [0, 0.1) is 11.3 Å². The lowest BCUT2D eigenvalue weighted by atomic mass is 9.93. The van der Waals surface area contributed by atoms with Crippen LogP contribution in [0.5, 0.6) is 0 Å². The number of amides is 1. The number of aryl methyl sites for hydroxylation is 2. The van der Waals surface area contributed by atoms with Crippen LogP contribution < -0.4 is 0 Å². The summed E-state index contributed by atoms with van der Waals surface area (Å²) in [5, 5.41) is 0. The second kappa shape index (κ2) is 9.65. The minimum absolute atomic E-state index is 0.0779. The molecule has 1 fully saturated rings. The summed E-state index contributed by atoms with van der Waals surface area (Å²) in [7, 11) is 1.88. The second-order valence-corrected chi connectivity index (χ2v) is 10.2. The number of hydrogen-bond acceptors (Lipinski definition) is 2. The average Bonchev–Trinajstić information content (AvgIpc) is 2.67. The van der Waals surface area contributed by atoms with Gasteiger partial charge < -0.3 is 4.90 Å². The van der Waals surface area contributed by atoms with E-state index in [2.05, 4.69) is 37.8 Å². The molecule has 0 spiro atoms. The predicted molar refractivity (Wildman–Crippen MR) is 121 cm³/mol. The molecule has 0 bridgehead atoms. The molecule has 0 atom stereocenters. The van der Waals surface area contributed by atoms with Crippen LogP contribution in [0.3, 0.4) is 0 Å². The molecule has 3 rings (SSSR count). The van der Waals surface area contributed by atoms with E-state index in [0.717, 1.165) is 37.8 Å². The summed E-state index contributed by atoms with van der Waals surface area (Å²) in [5.74, 6) is 0.301. The highest BCUT2D eigenvalue weighted by molar-refractivity contribution is 5.80. The van der Waals surface area contributed by atoms with E-state index in [9.17, 15) is 18.0 Å². The summed E-state index contributed by atoms with van der Waals surface area (Å²) >= 11 is 0. The number of carbonyl (C=O) groups excluding carboxylic acids is 1. The number of rotatable bonds is 7. The van der Waals surface area contributed by atoms with Crippen molar-refractivity contribution in [1.82, 2.24) is 9.80 Å². The van der Waals surface area contributed by atoms with Crippen LogP contribution in [0.2, 0.25) is 0 Å². The molecule has 1 aliphatic rings. The van der Waals surface area contributed by atoms with E-state index in [1.807, 2.05) is 24.1 Å². The molecule has 32 heavy (non-hydrogen) atoms. The molecule has 2 aromatic carbocycles. The first-order chi connectivity index (χ1) is 14.9. The Morgan fingerprint density at radius 2 is 1.56 bits per heavy atom. The maximum absolute atomic E-state index is 12.9. The second-order valence-electron chi connectivity index (χ2n) is 10.2. The Bertz CT molecular complexity index is 910. The van der Waals surface area contributed by atoms with E-state index in [1.165, 1.54) is 17.7 Å². The zero-order valence-corrected chi connectivity index (χ0v) is 19.4. The van der Waals surface area contributed by atoms with Crippen molar-refractivity contribution in [3.8, 4) is 0 Å². The van der Waals surface area contributed by atoms with Crippen LogP contribution in [0.4, 0.5) is 13.2 Å². The molecule has 0 N–H and O–H groups in total. The molecule has 1 amide bonds. The highest BCUT2D eigenvalue weighted by atomic mass is 19.4. The lowest BCUT2D eigenvalue weighted by molar-refractivity contribution is -0.141. The van der Waals surface area contributed by atoms with E-state index in [-0.39, 0.29) is 17.2 Å². The van der Waals surface area contributed by atoms with Crippen molar-refractivity contribution in [3.05, 3.63) is 70.8 Å². The van der Waals surface area contributed by atoms with Gasteiger partial charge in [0.2, 0.25) is 5.91 Å². The summed E-state index contributed by atoms with van der Waals surface area (Å²) < 4.78 is 38.6. The molecule has 3 nitrogen and oxygen atoms in total. The van der Waals surface area contributed by atoms with Crippen molar-refractivity contribution in [2.75, 3.05) is 26.7 Å². The van der Waals surface area contributed by atoms with Gasteiger partial charge in [-0.15, -0.1) is 0 Å². The molecular weight excluding hydrogens is 413 g/mol. The van der Waals surface area contributed by atoms with Crippen molar-refractivity contribution in [2.45, 2.75) is 46.3 Å². The molecule has 1 saturated heterocycles. The highest BCUT2D eigenvalue weighted by Crippen LogP contribution is 2.30. The van der Waals surface area contributed by atoms with Gasteiger partial charge in [-0.1, -0.05) is 63.2 Å². The van der Waals surface area contributed by atoms with Gasteiger partial charge in [0.1, 0.15) is 0 Å². The number of carbonyl (C=O) groups is 1. The van der Waals surface area contributed by atoms with Crippen LogP contribution in [0.25, 0.3) is 0 Å². The molecule has 1 heterocycles. The average molecular weight is 447 g/mol. The molecular formula is C26H33F3N2O. The Morgan fingerprint density at radius 3 is 2.16 bits per heavy atom. The first kappa shape index (κ1) is 24.3. The van der Waals surface area contributed by atoms with Gasteiger partial charge in [0.15, 0.2) is 0 Å². The third kappa shape index (κ3) is 6.83. The van der Waals surface area contributed by atoms with E-state index in [4.69, 9.17) is 0 Å². The van der Waals surface area contributed by atoms with Crippen molar-refractivity contribution in [1.29, 1.82) is 0 Å². The monoisotopic (exact) mass is 446 g/mol. The summed E-state index contributed by atoms with van der Waals surface area (Å²) in [6, 6.07) is 13.8. The van der Waals surface area contributed by atoms with Crippen LogP contribution in [0.1, 0.15) is 43.0 Å². The Kier molecular flexibility index (Phi) is 7.33. The van der Waals surface area contributed by atoms with Crippen LogP contribution in [-0.4, -0.2) is 42.4 Å². The maximum atomic E-state index is 12.9. The lowest BCUT2D eigenvalue weighted by Crippen LogP contribution is -2.54. The van der Waals surface area contributed by atoms with E-state index in [0.29, 0.717) is 18.4 Å². The number of nitrogens with zero attached hydrogens (tertiary/aromatic N) is 2.